The Labute approximate surface area is 185 Å². The van der Waals surface area contributed by atoms with Gasteiger partial charge < -0.3 is 4.74 Å². The molecule has 0 N–H and O–H groups in total. The maximum absolute atomic E-state index is 12.8. The molecule has 0 aromatic carbocycles. The van der Waals surface area contributed by atoms with Crippen LogP contribution in [0.2, 0.25) is 0 Å². The summed E-state index contributed by atoms with van der Waals surface area (Å²) in [6.07, 6.45) is 0.633. The summed E-state index contributed by atoms with van der Waals surface area (Å²) >= 11 is 4.48. The molecule has 6 nitrogen and oxygen atoms in total. The van der Waals surface area contributed by atoms with Gasteiger partial charge in [-0.15, -0.1) is 34.0 Å². The number of carbonyl (C=O) groups is 3. The molecule has 0 saturated carbocycles. The molecule has 4 rings (SSSR count). The molecule has 0 aliphatic carbocycles. The van der Waals surface area contributed by atoms with E-state index in [1.54, 1.807) is 34.8 Å². The van der Waals surface area contributed by atoms with Crippen molar-refractivity contribution in [3.63, 3.8) is 0 Å². The van der Waals surface area contributed by atoms with Crippen molar-refractivity contribution in [2.75, 3.05) is 6.61 Å². The lowest BCUT2D eigenvalue weighted by molar-refractivity contribution is -0.152. The second-order valence-electron chi connectivity index (χ2n) is 6.56. The molecule has 1 amide bonds. The Bertz CT molecular complexity index is 1040. The number of ether oxygens (including phenoxy) is 1. The highest BCUT2D eigenvalue weighted by atomic mass is 32.1. The summed E-state index contributed by atoms with van der Waals surface area (Å²) in [5, 5.41) is 11.7. The summed E-state index contributed by atoms with van der Waals surface area (Å²) < 4.78 is 5.13. The first kappa shape index (κ1) is 20.6. The zero-order valence-corrected chi connectivity index (χ0v) is 18.3. The van der Waals surface area contributed by atoms with E-state index < -0.39 is 12.6 Å². The van der Waals surface area contributed by atoms with E-state index in [1.165, 1.54) is 16.3 Å². The minimum Gasteiger partial charge on any atom is -0.455 e. The van der Waals surface area contributed by atoms with Gasteiger partial charge in [-0.3, -0.25) is 14.4 Å². The van der Waals surface area contributed by atoms with Gasteiger partial charge in [-0.05, 0) is 34.3 Å². The molecule has 1 aliphatic rings. The van der Waals surface area contributed by atoms with Crippen molar-refractivity contribution < 1.29 is 19.1 Å². The second-order valence-corrected chi connectivity index (χ2v) is 9.43. The van der Waals surface area contributed by atoms with Crippen LogP contribution in [0.5, 0.6) is 0 Å². The van der Waals surface area contributed by atoms with Crippen molar-refractivity contribution in [1.82, 2.24) is 5.01 Å². The Morgan fingerprint density at radius 1 is 1.00 bits per heavy atom. The van der Waals surface area contributed by atoms with E-state index in [2.05, 4.69) is 5.10 Å². The van der Waals surface area contributed by atoms with E-state index in [9.17, 15) is 14.4 Å². The van der Waals surface area contributed by atoms with Crippen LogP contribution in [-0.4, -0.2) is 35.0 Å². The van der Waals surface area contributed by atoms with Crippen molar-refractivity contribution in [3.8, 4) is 0 Å². The number of nitrogens with zero attached hydrogens (tertiary/aromatic N) is 2. The van der Waals surface area contributed by atoms with Crippen LogP contribution in [0.1, 0.15) is 44.7 Å². The van der Waals surface area contributed by atoms with E-state index in [0.717, 1.165) is 15.5 Å². The molecule has 0 bridgehead atoms. The number of esters is 1. The van der Waals surface area contributed by atoms with Crippen molar-refractivity contribution >= 4 is 57.4 Å². The number of ketones is 1. The fourth-order valence-corrected chi connectivity index (χ4v) is 5.32. The predicted octanol–water partition coefficient (Wildman–Crippen LogP) is 4.76. The van der Waals surface area contributed by atoms with Crippen LogP contribution in [0.25, 0.3) is 0 Å². The number of amides is 1. The molecule has 1 unspecified atom stereocenters. The Balaban J connectivity index is 1.35. The standard InChI is InChI=1S/C21H18N2O4S3/c24-16(19-6-3-11-30-19)7-8-21(26)27-13-20(25)23-15(18-5-2-10-29-18)12-14(22-23)17-4-1-9-28-17/h1-6,9-11,15H,7-8,12-13H2. The van der Waals surface area contributed by atoms with Gasteiger partial charge in [-0.25, -0.2) is 5.01 Å². The van der Waals surface area contributed by atoms with Crippen LogP contribution < -0.4 is 0 Å². The third kappa shape index (κ3) is 4.75. The first-order valence-electron chi connectivity index (χ1n) is 9.31. The zero-order valence-electron chi connectivity index (χ0n) is 15.9. The van der Waals surface area contributed by atoms with Crippen LogP contribution in [0.15, 0.2) is 57.6 Å². The molecule has 0 spiro atoms. The van der Waals surface area contributed by atoms with Gasteiger partial charge in [0.2, 0.25) is 0 Å². The summed E-state index contributed by atoms with van der Waals surface area (Å²) in [6, 6.07) is 11.2. The Hall–Kier alpha value is -2.62. The summed E-state index contributed by atoms with van der Waals surface area (Å²) in [4.78, 5) is 39.5. The average Bonchev–Trinajstić information content (AvgIpc) is 3.56. The molecule has 0 fully saturated rings. The van der Waals surface area contributed by atoms with Gasteiger partial charge >= 0.3 is 5.97 Å². The van der Waals surface area contributed by atoms with E-state index in [-0.39, 0.29) is 30.6 Å². The van der Waals surface area contributed by atoms with Gasteiger partial charge in [-0.2, -0.15) is 5.10 Å². The fraction of sp³-hybridized carbons (Fsp3) is 0.238. The first-order valence-corrected chi connectivity index (χ1v) is 11.9. The van der Waals surface area contributed by atoms with Crippen molar-refractivity contribution in [1.29, 1.82) is 0 Å². The fourth-order valence-electron chi connectivity index (χ4n) is 3.09. The minimum absolute atomic E-state index is 0.0535. The van der Waals surface area contributed by atoms with E-state index in [0.29, 0.717) is 11.3 Å². The van der Waals surface area contributed by atoms with Gasteiger partial charge in [0.25, 0.3) is 5.91 Å². The van der Waals surface area contributed by atoms with E-state index >= 15 is 0 Å². The number of hydrazone groups is 1. The Morgan fingerprint density at radius 3 is 2.47 bits per heavy atom. The van der Waals surface area contributed by atoms with Gasteiger partial charge in [0.1, 0.15) is 0 Å². The quantitative estimate of drug-likeness (QED) is 0.360. The lowest BCUT2D eigenvalue weighted by Crippen LogP contribution is -2.31. The SMILES string of the molecule is O=C(CCC(=O)c1cccs1)OCC(=O)N1N=C(c2cccs2)CC1c1cccs1. The summed E-state index contributed by atoms with van der Waals surface area (Å²) in [5.74, 6) is -1.05. The zero-order chi connectivity index (χ0) is 20.9. The van der Waals surface area contributed by atoms with Crippen molar-refractivity contribution in [2.45, 2.75) is 25.3 Å². The normalized spacial score (nSPS) is 15.8. The number of Topliss-reactive ketones (excluding diaryl/α,β-unsaturated/α-hetero) is 1. The van der Waals surface area contributed by atoms with E-state index in [4.69, 9.17) is 4.74 Å². The summed E-state index contributed by atoms with van der Waals surface area (Å²) in [7, 11) is 0. The van der Waals surface area contributed by atoms with Crippen LogP contribution in [0, 0.1) is 0 Å². The molecule has 1 aliphatic heterocycles. The number of thiophene rings is 3. The lowest BCUT2D eigenvalue weighted by Gasteiger charge is -2.20. The molecule has 3 aromatic rings. The summed E-state index contributed by atoms with van der Waals surface area (Å²) in [5.41, 5.74) is 0.852. The maximum Gasteiger partial charge on any atom is 0.306 e. The highest BCUT2D eigenvalue weighted by molar-refractivity contribution is 7.12. The van der Waals surface area contributed by atoms with Gasteiger partial charge in [0.15, 0.2) is 12.4 Å². The topological polar surface area (TPSA) is 76.0 Å². The molecule has 1 atom stereocenters. The lowest BCUT2D eigenvalue weighted by atomic mass is 10.1. The van der Waals surface area contributed by atoms with Crippen LogP contribution in [0.3, 0.4) is 0 Å². The highest BCUT2D eigenvalue weighted by Crippen LogP contribution is 2.35. The molecule has 9 heteroatoms. The van der Waals surface area contributed by atoms with Crippen LogP contribution in [-0.2, 0) is 14.3 Å². The van der Waals surface area contributed by atoms with Gasteiger partial charge in [0, 0.05) is 17.7 Å². The van der Waals surface area contributed by atoms with Crippen molar-refractivity contribution in [2.24, 2.45) is 5.10 Å². The Kier molecular flexibility index (Phi) is 6.51. The monoisotopic (exact) mass is 458 g/mol. The average molecular weight is 459 g/mol. The molecule has 3 aromatic heterocycles. The van der Waals surface area contributed by atoms with E-state index in [1.807, 2.05) is 40.4 Å². The van der Waals surface area contributed by atoms with Gasteiger partial charge in [0.05, 0.1) is 27.9 Å². The Morgan fingerprint density at radius 2 is 1.77 bits per heavy atom. The molecule has 30 heavy (non-hydrogen) atoms. The summed E-state index contributed by atoms with van der Waals surface area (Å²) in [6.45, 7) is -0.394. The number of hydrogen-bond acceptors (Lipinski definition) is 8. The molecule has 0 radical (unpaired) electrons. The predicted molar refractivity (Wildman–Crippen MR) is 118 cm³/mol. The molecule has 154 valence electrons. The number of rotatable bonds is 8. The third-order valence-electron chi connectivity index (χ3n) is 4.55. The molecule has 4 heterocycles. The number of hydrogen-bond donors (Lipinski definition) is 0. The molecule has 0 saturated heterocycles. The second kappa shape index (κ2) is 9.46. The van der Waals surface area contributed by atoms with Gasteiger partial charge in [-0.1, -0.05) is 18.2 Å². The third-order valence-corrected chi connectivity index (χ3v) is 7.36. The first-order chi connectivity index (χ1) is 14.6. The smallest absolute Gasteiger partial charge is 0.306 e. The number of carbonyl (C=O) groups excluding carboxylic acids is 3. The molecular weight excluding hydrogens is 440 g/mol. The minimum atomic E-state index is -0.567. The van der Waals surface area contributed by atoms with Crippen LogP contribution in [0.4, 0.5) is 0 Å². The van der Waals surface area contributed by atoms with Crippen LogP contribution >= 0.6 is 34.0 Å². The highest BCUT2D eigenvalue weighted by Gasteiger charge is 2.34. The largest absolute Gasteiger partial charge is 0.455 e. The maximum atomic E-state index is 12.8. The molecular formula is C21H18N2O4S3. The van der Waals surface area contributed by atoms with Crippen molar-refractivity contribution in [3.05, 3.63) is 67.2 Å².